The van der Waals surface area contributed by atoms with Gasteiger partial charge in [0.15, 0.2) is 0 Å². The van der Waals surface area contributed by atoms with E-state index in [1.54, 1.807) is 24.3 Å². The molecule has 0 aliphatic heterocycles. The van der Waals surface area contributed by atoms with Crippen LogP contribution in [0.25, 0.3) is 0 Å². The summed E-state index contributed by atoms with van der Waals surface area (Å²) in [5.41, 5.74) is 1.02. The fraction of sp³-hybridized carbons (Fsp3) is 0.333. The minimum absolute atomic E-state index is 0.432. The Bertz CT molecular complexity index is 266. The zero-order valence-electron chi connectivity index (χ0n) is 7.45. The molecule has 0 aromatic heterocycles. The van der Waals surface area contributed by atoms with Gasteiger partial charge in [-0.05, 0) is 24.1 Å². The number of hydrogen-bond donors (Lipinski definition) is 1. The average Bonchev–Trinajstić information content (AvgIpc) is 2.16. The topological polar surface area (TPSA) is 35.2 Å². The van der Waals surface area contributed by atoms with Crippen LogP contribution < -0.4 is 5.90 Å². The Morgan fingerprint density at radius 3 is 2.43 bits per heavy atom. The molecule has 0 radical (unpaired) electrons. The second-order valence-corrected chi connectivity index (χ2v) is 3.71. The van der Waals surface area contributed by atoms with Crippen molar-refractivity contribution in [2.24, 2.45) is 5.90 Å². The SMILES string of the molecule is NOCCc1ccc(SC(F)F)cc1. The summed E-state index contributed by atoms with van der Waals surface area (Å²) in [5, 5.41) is 0. The van der Waals surface area contributed by atoms with E-state index in [9.17, 15) is 8.78 Å². The summed E-state index contributed by atoms with van der Waals surface area (Å²) in [7, 11) is 0. The summed E-state index contributed by atoms with van der Waals surface area (Å²) < 4.78 is 23.9. The minimum atomic E-state index is -2.37. The number of alkyl halides is 2. The molecule has 0 atom stereocenters. The van der Waals surface area contributed by atoms with E-state index >= 15 is 0 Å². The summed E-state index contributed by atoms with van der Waals surface area (Å²) >= 11 is 0.542. The lowest BCUT2D eigenvalue weighted by Crippen LogP contribution is -2.03. The van der Waals surface area contributed by atoms with Gasteiger partial charge in [-0.3, -0.25) is 0 Å². The van der Waals surface area contributed by atoms with Crippen molar-refractivity contribution in [3.63, 3.8) is 0 Å². The van der Waals surface area contributed by atoms with E-state index in [1.807, 2.05) is 0 Å². The van der Waals surface area contributed by atoms with Gasteiger partial charge in [0.25, 0.3) is 5.76 Å². The Hall–Kier alpha value is -0.650. The van der Waals surface area contributed by atoms with Crippen LogP contribution in [-0.4, -0.2) is 12.4 Å². The summed E-state index contributed by atoms with van der Waals surface area (Å²) in [5.74, 6) is 2.50. The predicted octanol–water partition coefficient (Wildman–Crippen LogP) is 2.43. The van der Waals surface area contributed by atoms with Crippen molar-refractivity contribution in [3.8, 4) is 0 Å². The minimum Gasteiger partial charge on any atom is -0.304 e. The largest absolute Gasteiger partial charge is 0.304 e. The molecule has 0 saturated carbocycles. The highest BCUT2D eigenvalue weighted by Gasteiger charge is 2.04. The monoisotopic (exact) mass is 219 g/mol. The molecule has 2 nitrogen and oxygen atoms in total. The van der Waals surface area contributed by atoms with Gasteiger partial charge < -0.3 is 4.84 Å². The number of thioether (sulfide) groups is 1. The number of benzene rings is 1. The first-order valence-corrected chi connectivity index (χ1v) is 4.96. The van der Waals surface area contributed by atoms with E-state index in [1.165, 1.54) is 0 Å². The molecule has 0 unspecified atom stereocenters. The lowest BCUT2D eigenvalue weighted by atomic mass is 10.2. The summed E-state index contributed by atoms with van der Waals surface area (Å²) in [6.07, 6.45) is 0.691. The molecule has 1 aromatic carbocycles. The quantitative estimate of drug-likeness (QED) is 0.610. The molecule has 0 bridgehead atoms. The van der Waals surface area contributed by atoms with Crippen molar-refractivity contribution in [1.82, 2.24) is 0 Å². The standard InChI is InChI=1S/C9H11F2NOS/c10-9(11)14-8-3-1-7(2-4-8)5-6-13-12/h1-4,9H,5-6,12H2. The van der Waals surface area contributed by atoms with Gasteiger partial charge in [0.1, 0.15) is 0 Å². The zero-order chi connectivity index (χ0) is 10.4. The Morgan fingerprint density at radius 2 is 1.93 bits per heavy atom. The third-order valence-corrected chi connectivity index (χ3v) is 2.38. The highest BCUT2D eigenvalue weighted by molar-refractivity contribution is 7.99. The van der Waals surface area contributed by atoms with Crippen molar-refractivity contribution in [2.45, 2.75) is 17.1 Å². The molecule has 0 aliphatic carbocycles. The van der Waals surface area contributed by atoms with Crippen molar-refractivity contribution in [1.29, 1.82) is 0 Å². The molecular formula is C9H11F2NOS. The molecule has 0 saturated heterocycles. The maximum atomic E-state index is 12.0. The van der Waals surface area contributed by atoms with Gasteiger partial charge in [-0.2, -0.15) is 8.78 Å². The molecule has 1 aromatic rings. The van der Waals surface area contributed by atoms with E-state index in [4.69, 9.17) is 5.90 Å². The second kappa shape index (κ2) is 5.95. The van der Waals surface area contributed by atoms with Crippen molar-refractivity contribution >= 4 is 11.8 Å². The van der Waals surface area contributed by atoms with Crippen LogP contribution in [0, 0.1) is 0 Å². The van der Waals surface area contributed by atoms with Crippen molar-refractivity contribution in [2.75, 3.05) is 6.61 Å². The Morgan fingerprint density at radius 1 is 1.29 bits per heavy atom. The molecule has 2 N–H and O–H groups in total. The van der Waals surface area contributed by atoms with Gasteiger partial charge in [-0.1, -0.05) is 23.9 Å². The normalized spacial score (nSPS) is 10.9. The van der Waals surface area contributed by atoms with Crippen molar-refractivity contribution < 1.29 is 13.6 Å². The van der Waals surface area contributed by atoms with Gasteiger partial charge in [0.05, 0.1) is 6.61 Å². The summed E-state index contributed by atoms with van der Waals surface area (Å²) in [6, 6.07) is 6.93. The number of nitrogens with two attached hydrogens (primary N) is 1. The van der Waals surface area contributed by atoms with E-state index in [-0.39, 0.29) is 0 Å². The molecule has 0 fully saturated rings. The van der Waals surface area contributed by atoms with Crippen LogP contribution in [0.3, 0.4) is 0 Å². The predicted molar refractivity (Wildman–Crippen MR) is 52.1 cm³/mol. The fourth-order valence-corrected chi connectivity index (χ4v) is 1.51. The number of halogens is 2. The molecule has 78 valence electrons. The van der Waals surface area contributed by atoms with Gasteiger partial charge in [-0.25, -0.2) is 5.90 Å². The summed E-state index contributed by atoms with van der Waals surface area (Å²) in [4.78, 5) is 4.98. The molecule has 1 rings (SSSR count). The molecular weight excluding hydrogens is 208 g/mol. The van der Waals surface area contributed by atoms with Gasteiger partial charge >= 0.3 is 0 Å². The Kier molecular flexibility index (Phi) is 4.86. The van der Waals surface area contributed by atoms with Crippen LogP contribution in [0.2, 0.25) is 0 Å². The zero-order valence-corrected chi connectivity index (χ0v) is 8.27. The Labute approximate surface area is 85.4 Å². The third kappa shape index (κ3) is 4.04. The van der Waals surface area contributed by atoms with Crippen LogP contribution in [-0.2, 0) is 11.3 Å². The first-order valence-electron chi connectivity index (χ1n) is 4.08. The smallest absolute Gasteiger partial charge is 0.288 e. The number of rotatable bonds is 5. The van der Waals surface area contributed by atoms with Crippen LogP contribution in [0.15, 0.2) is 29.2 Å². The van der Waals surface area contributed by atoms with E-state index in [2.05, 4.69) is 4.84 Å². The first kappa shape index (κ1) is 11.4. The Balaban J connectivity index is 2.50. The molecule has 14 heavy (non-hydrogen) atoms. The molecule has 0 amide bonds. The molecule has 0 heterocycles. The lowest BCUT2D eigenvalue weighted by molar-refractivity contribution is 0.141. The summed E-state index contributed by atoms with van der Waals surface area (Å²) in [6.45, 7) is 0.432. The first-order chi connectivity index (χ1) is 6.72. The highest BCUT2D eigenvalue weighted by Crippen LogP contribution is 2.25. The second-order valence-electron chi connectivity index (χ2n) is 2.64. The fourth-order valence-electron chi connectivity index (χ4n) is 1.01. The van der Waals surface area contributed by atoms with Crippen LogP contribution in [0.1, 0.15) is 5.56 Å². The maximum absolute atomic E-state index is 12.0. The maximum Gasteiger partial charge on any atom is 0.288 e. The van der Waals surface area contributed by atoms with Gasteiger partial charge in [-0.15, -0.1) is 0 Å². The van der Waals surface area contributed by atoms with Crippen LogP contribution in [0.5, 0.6) is 0 Å². The van der Waals surface area contributed by atoms with Crippen LogP contribution in [0.4, 0.5) is 8.78 Å². The van der Waals surface area contributed by atoms with E-state index < -0.39 is 5.76 Å². The van der Waals surface area contributed by atoms with Gasteiger partial charge in [0, 0.05) is 4.90 Å². The van der Waals surface area contributed by atoms with E-state index in [0.717, 1.165) is 5.56 Å². The van der Waals surface area contributed by atoms with Gasteiger partial charge in [0.2, 0.25) is 0 Å². The molecule has 5 heteroatoms. The molecule has 0 spiro atoms. The molecule has 0 aliphatic rings. The van der Waals surface area contributed by atoms with E-state index in [0.29, 0.717) is 29.7 Å². The van der Waals surface area contributed by atoms with Crippen molar-refractivity contribution in [3.05, 3.63) is 29.8 Å². The average molecular weight is 219 g/mol. The highest BCUT2D eigenvalue weighted by atomic mass is 32.2. The lowest BCUT2D eigenvalue weighted by Gasteiger charge is -2.02. The third-order valence-electron chi connectivity index (χ3n) is 1.66. The number of hydrogen-bond acceptors (Lipinski definition) is 3. The van der Waals surface area contributed by atoms with Crippen LogP contribution >= 0.6 is 11.8 Å².